The lowest BCUT2D eigenvalue weighted by Gasteiger charge is -2.36. The minimum absolute atomic E-state index is 0.0921. The van der Waals surface area contributed by atoms with Crippen LogP contribution in [0.1, 0.15) is 22.8 Å². The van der Waals surface area contributed by atoms with Crippen LogP contribution in [-0.4, -0.2) is 37.0 Å². The van der Waals surface area contributed by atoms with E-state index >= 15 is 0 Å². The van der Waals surface area contributed by atoms with Gasteiger partial charge in [0.2, 0.25) is 0 Å². The Bertz CT molecular complexity index is 676. The number of piperazine rings is 1. The van der Waals surface area contributed by atoms with Crippen LogP contribution in [-0.2, 0) is 6.42 Å². The number of nitrogens with zero attached hydrogens (tertiary/aromatic N) is 2. The fraction of sp³-hybridized carbons (Fsp3) is 0.316. The van der Waals surface area contributed by atoms with Crippen molar-refractivity contribution in [2.75, 3.05) is 31.1 Å². The van der Waals surface area contributed by atoms with Crippen molar-refractivity contribution in [3.63, 3.8) is 0 Å². The summed E-state index contributed by atoms with van der Waals surface area (Å²) in [6, 6.07) is 14.5. The van der Waals surface area contributed by atoms with Gasteiger partial charge in [-0.1, -0.05) is 25.1 Å². The summed E-state index contributed by atoms with van der Waals surface area (Å²) in [6.45, 7) is 5.06. The molecule has 23 heavy (non-hydrogen) atoms. The minimum atomic E-state index is -0.370. The van der Waals surface area contributed by atoms with Crippen molar-refractivity contribution in [1.82, 2.24) is 4.90 Å². The summed E-state index contributed by atoms with van der Waals surface area (Å²) in [5.74, 6) is -0.462. The van der Waals surface area contributed by atoms with Gasteiger partial charge in [0.1, 0.15) is 5.82 Å². The molecular formula is C19H21FN2O. The first kappa shape index (κ1) is 15.5. The van der Waals surface area contributed by atoms with E-state index in [1.54, 1.807) is 17.0 Å². The number of aryl methyl sites for hydroxylation is 1. The van der Waals surface area contributed by atoms with Gasteiger partial charge < -0.3 is 9.80 Å². The molecular weight excluding hydrogens is 291 g/mol. The molecule has 0 aliphatic carbocycles. The Hall–Kier alpha value is -2.36. The van der Waals surface area contributed by atoms with Crippen molar-refractivity contribution in [2.45, 2.75) is 13.3 Å². The van der Waals surface area contributed by atoms with Gasteiger partial charge in [0.15, 0.2) is 0 Å². The Morgan fingerprint density at radius 3 is 2.35 bits per heavy atom. The summed E-state index contributed by atoms with van der Waals surface area (Å²) in [4.78, 5) is 16.5. The Balaban J connectivity index is 1.62. The molecule has 0 atom stereocenters. The van der Waals surface area contributed by atoms with Crippen LogP contribution < -0.4 is 4.90 Å². The molecule has 0 unspecified atom stereocenters. The highest BCUT2D eigenvalue weighted by molar-refractivity contribution is 5.94. The van der Waals surface area contributed by atoms with Gasteiger partial charge in [-0.05, 0) is 42.3 Å². The fourth-order valence-electron chi connectivity index (χ4n) is 2.91. The van der Waals surface area contributed by atoms with Crippen molar-refractivity contribution in [3.8, 4) is 0 Å². The summed E-state index contributed by atoms with van der Waals surface area (Å²) < 4.78 is 13.3. The van der Waals surface area contributed by atoms with Crippen LogP contribution in [0.15, 0.2) is 48.5 Å². The normalized spacial score (nSPS) is 14.9. The van der Waals surface area contributed by atoms with Gasteiger partial charge in [-0.3, -0.25) is 4.79 Å². The monoisotopic (exact) mass is 312 g/mol. The Kier molecular flexibility index (Phi) is 4.60. The Morgan fingerprint density at radius 2 is 1.74 bits per heavy atom. The lowest BCUT2D eigenvalue weighted by atomic mass is 10.1. The van der Waals surface area contributed by atoms with Gasteiger partial charge in [0, 0.05) is 37.4 Å². The van der Waals surface area contributed by atoms with Crippen LogP contribution in [0.25, 0.3) is 0 Å². The minimum Gasteiger partial charge on any atom is -0.368 e. The maximum Gasteiger partial charge on any atom is 0.254 e. The molecule has 4 heteroatoms. The zero-order valence-corrected chi connectivity index (χ0v) is 13.3. The third-order valence-corrected chi connectivity index (χ3v) is 4.35. The van der Waals surface area contributed by atoms with E-state index in [1.165, 1.54) is 23.4 Å². The smallest absolute Gasteiger partial charge is 0.254 e. The second-order valence-electron chi connectivity index (χ2n) is 5.81. The molecule has 0 saturated carbocycles. The quantitative estimate of drug-likeness (QED) is 0.868. The van der Waals surface area contributed by atoms with Crippen LogP contribution in [0.5, 0.6) is 0 Å². The van der Waals surface area contributed by atoms with E-state index in [0.717, 1.165) is 19.5 Å². The highest BCUT2D eigenvalue weighted by Gasteiger charge is 2.22. The predicted octanol–water partition coefficient (Wildman–Crippen LogP) is 3.35. The molecule has 0 aromatic heterocycles. The number of carbonyl (C=O) groups excluding carboxylic acids is 1. The zero-order valence-electron chi connectivity index (χ0n) is 13.3. The average Bonchev–Trinajstić information content (AvgIpc) is 2.61. The zero-order chi connectivity index (χ0) is 16.2. The van der Waals surface area contributed by atoms with Gasteiger partial charge in [0.25, 0.3) is 5.91 Å². The lowest BCUT2D eigenvalue weighted by molar-refractivity contribution is 0.0746. The number of hydrogen-bond acceptors (Lipinski definition) is 2. The van der Waals surface area contributed by atoms with Gasteiger partial charge in [-0.2, -0.15) is 0 Å². The molecule has 120 valence electrons. The predicted molar refractivity (Wildman–Crippen MR) is 90.3 cm³/mol. The number of hydrogen-bond donors (Lipinski definition) is 0. The van der Waals surface area contributed by atoms with E-state index in [1.807, 2.05) is 0 Å². The largest absolute Gasteiger partial charge is 0.368 e. The molecule has 1 saturated heterocycles. The Morgan fingerprint density at radius 1 is 1.04 bits per heavy atom. The first-order valence-electron chi connectivity index (χ1n) is 8.06. The standard InChI is InChI=1S/C19H21FN2O/c1-2-15-6-8-18(9-7-15)21-10-12-22(13-11-21)19(23)16-4-3-5-17(20)14-16/h3-9,14H,2,10-13H2,1H3. The summed E-state index contributed by atoms with van der Waals surface area (Å²) in [7, 11) is 0. The van der Waals surface area contributed by atoms with Crippen molar-refractivity contribution in [1.29, 1.82) is 0 Å². The molecule has 1 aliphatic heterocycles. The number of rotatable bonds is 3. The van der Waals surface area contributed by atoms with Crippen molar-refractivity contribution in [3.05, 3.63) is 65.5 Å². The average molecular weight is 312 g/mol. The number of amides is 1. The molecule has 0 spiro atoms. The highest BCUT2D eigenvalue weighted by atomic mass is 19.1. The molecule has 3 rings (SSSR count). The molecule has 2 aromatic rings. The maximum atomic E-state index is 13.3. The Labute approximate surface area is 136 Å². The van der Waals surface area contributed by atoms with Crippen LogP contribution in [0.2, 0.25) is 0 Å². The van der Waals surface area contributed by atoms with Gasteiger partial charge >= 0.3 is 0 Å². The summed E-state index contributed by atoms with van der Waals surface area (Å²) in [6.07, 6.45) is 1.04. The molecule has 1 aliphatic rings. The third-order valence-electron chi connectivity index (χ3n) is 4.35. The molecule has 1 heterocycles. The van der Waals surface area contributed by atoms with Gasteiger partial charge in [-0.15, -0.1) is 0 Å². The van der Waals surface area contributed by atoms with Crippen molar-refractivity contribution < 1.29 is 9.18 Å². The number of halogens is 1. The molecule has 1 fully saturated rings. The summed E-state index contributed by atoms with van der Waals surface area (Å²) in [5, 5.41) is 0. The SMILES string of the molecule is CCc1ccc(N2CCN(C(=O)c3cccc(F)c3)CC2)cc1. The van der Waals surface area contributed by atoms with Crippen molar-refractivity contribution in [2.24, 2.45) is 0 Å². The fourth-order valence-corrected chi connectivity index (χ4v) is 2.91. The van der Waals surface area contributed by atoms with Gasteiger partial charge in [0.05, 0.1) is 0 Å². The molecule has 1 amide bonds. The molecule has 2 aromatic carbocycles. The van der Waals surface area contributed by atoms with Crippen molar-refractivity contribution >= 4 is 11.6 Å². The van der Waals surface area contributed by atoms with Crippen LogP contribution in [0.3, 0.4) is 0 Å². The molecule has 3 nitrogen and oxygen atoms in total. The lowest BCUT2D eigenvalue weighted by Crippen LogP contribution is -2.48. The molecule has 0 N–H and O–H groups in total. The summed E-state index contributed by atoms with van der Waals surface area (Å²) in [5.41, 5.74) is 2.94. The van der Waals surface area contributed by atoms with E-state index < -0.39 is 0 Å². The van der Waals surface area contributed by atoms with E-state index in [4.69, 9.17) is 0 Å². The molecule has 0 bridgehead atoms. The van der Waals surface area contributed by atoms with Gasteiger partial charge in [-0.25, -0.2) is 4.39 Å². The highest BCUT2D eigenvalue weighted by Crippen LogP contribution is 2.18. The molecule has 0 radical (unpaired) electrons. The van der Waals surface area contributed by atoms with E-state index in [2.05, 4.69) is 36.1 Å². The first-order chi connectivity index (χ1) is 11.2. The number of benzene rings is 2. The second-order valence-corrected chi connectivity index (χ2v) is 5.81. The first-order valence-corrected chi connectivity index (χ1v) is 8.06. The van der Waals surface area contributed by atoms with E-state index in [9.17, 15) is 9.18 Å². The number of carbonyl (C=O) groups is 1. The van der Waals surface area contributed by atoms with E-state index in [0.29, 0.717) is 18.7 Å². The maximum absolute atomic E-state index is 13.3. The number of anilines is 1. The van der Waals surface area contributed by atoms with Crippen LogP contribution in [0.4, 0.5) is 10.1 Å². The van der Waals surface area contributed by atoms with E-state index in [-0.39, 0.29) is 11.7 Å². The van der Waals surface area contributed by atoms with Crippen LogP contribution >= 0.6 is 0 Å². The third kappa shape index (κ3) is 3.52. The van der Waals surface area contributed by atoms with Crippen LogP contribution in [0, 0.1) is 5.82 Å². The topological polar surface area (TPSA) is 23.6 Å². The summed E-state index contributed by atoms with van der Waals surface area (Å²) >= 11 is 0. The second kappa shape index (κ2) is 6.82.